The topological polar surface area (TPSA) is 96.9 Å². The maximum Gasteiger partial charge on any atom is 0.243 e. The SMILES string of the molecule is CN=C(NCC(=O)Nc1cccnc1)NCc1ccc(OC)cc1OC. The second kappa shape index (κ2) is 9.87. The Balaban J connectivity index is 1.85. The largest absolute Gasteiger partial charge is 0.497 e. The average Bonchev–Trinajstić information content (AvgIpc) is 2.68. The maximum absolute atomic E-state index is 12.0. The first kappa shape index (κ1) is 19.0. The Kier molecular flexibility index (Phi) is 7.23. The molecule has 0 bridgehead atoms. The van der Waals surface area contributed by atoms with Crippen LogP contribution >= 0.6 is 0 Å². The van der Waals surface area contributed by atoms with Crippen molar-refractivity contribution in [1.29, 1.82) is 0 Å². The Morgan fingerprint density at radius 2 is 2.04 bits per heavy atom. The van der Waals surface area contributed by atoms with Crippen LogP contribution in [-0.2, 0) is 11.3 Å². The summed E-state index contributed by atoms with van der Waals surface area (Å²) >= 11 is 0. The van der Waals surface area contributed by atoms with E-state index in [0.717, 1.165) is 11.3 Å². The second-order valence-corrected chi connectivity index (χ2v) is 5.25. The van der Waals surface area contributed by atoms with E-state index in [-0.39, 0.29) is 12.5 Å². The van der Waals surface area contributed by atoms with Gasteiger partial charge in [-0.1, -0.05) is 0 Å². The van der Waals surface area contributed by atoms with Gasteiger partial charge in [-0.25, -0.2) is 0 Å². The van der Waals surface area contributed by atoms with E-state index in [0.29, 0.717) is 23.9 Å². The van der Waals surface area contributed by atoms with E-state index >= 15 is 0 Å². The van der Waals surface area contributed by atoms with Crippen molar-refractivity contribution in [3.63, 3.8) is 0 Å². The summed E-state index contributed by atoms with van der Waals surface area (Å²) in [5.41, 5.74) is 1.58. The first-order valence-electron chi connectivity index (χ1n) is 8.01. The molecule has 8 nitrogen and oxygen atoms in total. The van der Waals surface area contributed by atoms with Crippen molar-refractivity contribution in [2.45, 2.75) is 6.54 Å². The molecule has 3 N–H and O–H groups in total. The number of pyridine rings is 1. The number of aliphatic imine (C=N–C) groups is 1. The summed E-state index contributed by atoms with van der Waals surface area (Å²) < 4.78 is 10.6. The number of anilines is 1. The molecule has 8 heteroatoms. The minimum Gasteiger partial charge on any atom is -0.497 e. The van der Waals surface area contributed by atoms with Crippen molar-refractivity contribution in [3.8, 4) is 11.5 Å². The van der Waals surface area contributed by atoms with Gasteiger partial charge in [-0.3, -0.25) is 14.8 Å². The first-order chi connectivity index (χ1) is 12.7. The molecule has 1 aromatic carbocycles. The number of nitrogens with zero attached hydrogens (tertiary/aromatic N) is 2. The number of carbonyl (C=O) groups excluding carboxylic acids is 1. The standard InChI is InChI=1S/C18H23N5O3/c1-19-18(22-12-17(24)23-14-5-4-8-20-11-14)21-10-13-6-7-15(25-2)9-16(13)26-3/h4-9,11H,10,12H2,1-3H3,(H,23,24)(H2,19,21,22). The summed E-state index contributed by atoms with van der Waals surface area (Å²) in [5.74, 6) is 1.74. The number of aromatic nitrogens is 1. The van der Waals surface area contributed by atoms with Gasteiger partial charge in [-0.2, -0.15) is 0 Å². The van der Waals surface area contributed by atoms with E-state index in [9.17, 15) is 4.79 Å². The normalized spacial score (nSPS) is 10.8. The van der Waals surface area contributed by atoms with E-state index < -0.39 is 0 Å². The van der Waals surface area contributed by atoms with Crippen molar-refractivity contribution in [3.05, 3.63) is 48.3 Å². The van der Waals surface area contributed by atoms with Crippen molar-refractivity contribution < 1.29 is 14.3 Å². The maximum atomic E-state index is 12.0. The molecule has 138 valence electrons. The predicted molar refractivity (Wildman–Crippen MR) is 101 cm³/mol. The minimum absolute atomic E-state index is 0.0777. The number of benzene rings is 1. The van der Waals surface area contributed by atoms with E-state index in [1.54, 1.807) is 45.8 Å². The van der Waals surface area contributed by atoms with Crippen LogP contribution < -0.4 is 25.4 Å². The molecule has 0 radical (unpaired) electrons. The highest BCUT2D eigenvalue weighted by Gasteiger charge is 2.08. The van der Waals surface area contributed by atoms with Gasteiger partial charge in [0.1, 0.15) is 11.5 Å². The molecule has 1 aromatic heterocycles. The van der Waals surface area contributed by atoms with E-state index in [1.165, 1.54) is 0 Å². The van der Waals surface area contributed by atoms with Gasteiger partial charge in [0.05, 0.1) is 32.6 Å². The molecule has 26 heavy (non-hydrogen) atoms. The summed E-state index contributed by atoms with van der Waals surface area (Å²) in [7, 11) is 4.85. The van der Waals surface area contributed by atoms with Gasteiger partial charge in [0.15, 0.2) is 5.96 Å². The van der Waals surface area contributed by atoms with Crippen LogP contribution in [0.5, 0.6) is 11.5 Å². The number of amides is 1. The monoisotopic (exact) mass is 357 g/mol. The lowest BCUT2D eigenvalue weighted by Crippen LogP contribution is -2.41. The Hall–Kier alpha value is -3.29. The molecule has 0 fully saturated rings. The molecular formula is C18H23N5O3. The third-order valence-corrected chi connectivity index (χ3v) is 3.53. The summed E-state index contributed by atoms with van der Waals surface area (Å²) in [6, 6.07) is 9.11. The number of ether oxygens (including phenoxy) is 2. The van der Waals surface area contributed by atoms with E-state index in [4.69, 9.17) is 9.47 Å². The molecule has 0 unspecified atom stereocenters. The number of carbonyl (C=O) groups is 1. The zero-order valence-electron chi connectivity index (χ0n) is 15.1. The van der Waals surface area contributed by atoms with Crippen molar-refractivity contribution >= 4 is 17.6 Å². The fourth-order valence-electron chi connectivity index (χ4n) is 2.20. The van der Waals surface area contributed by atoms with Gasteiger partial charge >= 0.3 is 0 Å². The van der Waals surface area contributed by atoms with Crippen LogP contribution in [-0.4, -0.2) is 44.7 Å². The number of methoxy groups -OCH3 is 2. The lowest BCUT2D eigenvalue weighted by atomic mass is 10.2. The molecule has 0 saturated heterocycles. The summed E-state index contributed by atoms with van der Waals surface area (Å²) in [6.07, 6.45) is 3.23. The highest BCUT2D eigenvalue weighted by atomic mass is 16.5. The van der Waals surface area contributed by atoms with Crippen molar-refractivity contribution in [2.24, 2.45) is 4.99 Å². The third kappa shape index (κ3) is 5.66. The predicted octanol–water partition coefficient (Wildman–Crippen LogP) is 1.40. The summed E-state index contributed by atoms with van der Waals surface area (Å²) in [4.78, 5) is 20.0. The van der Waals surface area contributed by atoms with Crippen molar-refractivity contribution in [1.82, 2.24) is 15.6 Å². The molecule has 0 saturated carbocycles. The smallest absolute Gasteiger partial charge is 0.243 e. The van der Waals surface area contributed by atoms with Crippen LogP contribution in [0.1, 0.15) is 5.56 Å². The number of rotatable bonds is 7. The minimum atomic E-state index is -0.192. The van der Waals surface area contributed by atoms with Gasteiger partial charge in [0.2, 0.25) is 5.91 Å². The Bertz CT molecular complexity index is 750. The highest BCUT2D eigenvalue weighted by Crippen LogP contribution is 2.24. The van der Waals surface area contributed by atoms with Crippen LogP contribution in [0.25, 0.3) is 0 Å². The molecule has 0 aliphatic heterocycles. The summed E-state index contributed by atoms with van der Waals surface area (Å²) in [5, 5.41) is 8.85. The van der Waals surface area contributed by atoms with Crippen LogP contribution in [0.2, 0.25) is 0 Å². The number of guanidine groups is 1. The summed E-state index contributed by atoms with van der Waals surface area (Å²) in [6.45, 7) is 0.561. The van der Waals surface area contributed by atoms with Crippen LogP contribution in [0.4, 0.5) is 5.69 Å². The molecular weight excluding hydrogens is 334 g/mol. The molecule has 2 aromatic rings. The molecule has 0 spiro atoms. The zero-order valence-corrected chi connectivity index (χ0v) is 15.1. The molecule has 0 aliphatic carbocycles. The molecule has 1 amide bonds. The van der Waals surface area contributed by atoms with Crippen molar-refractivity contribution in [2.75, 3.05) is 33.1 Å². The fraction of sp³-hybridized carbons (Fsp3) is 0.278. The van der Waals surface area contributed by atoms with Crippen LogP contribution in [0.3, 0.4) is 0 Å². The van der Waals surface area contributed by atoms with Gasteiger partial charge in [0, 0.05) is 31.4 Å². The lowest BCUT2D eigenvalue weighted by molar-refractivity contribution is -0.115. The second-order valence-electron chi connectivity index (χ2n) is 5.25. The third-order valence-electron chi connectivity index (χ3n) is 3.53. The average molecular weight is 357 g/mol. The van der Waals surface area contributed by atoms with E-state index in [2.05, 4.69) is 25.9 Å². The number of hydrogen-bond donors (Lipinski definition) is 3. The molecule has 1 heterocycles. The van der Waals surface area contributed by atoms with Crippen LogP contribution in [0, 0.1) is 0 Å². The van der Waals surface area contributed by atoms with Gasteiger partial charge in [0.25, 0.3) is 0 Å². The Labute approximate surface area is 152 Å². The van der Waals surface area contributed by atoms with Gasteiger partial charge in [-0.15, -0.1) is 0 Å². The van der Waals surface area contributed by atoms with Gasteiger partial charge in [-0.05, 0) is 24.3 Å². The number of nitrogens with one attached hydrogen (secondary N) is 3. The quantitative estimate of drug-likeness (QED) is 0.512. The molecule has 0 atom stereocenters. The molecule has 2 rings (SSSR count). The van der Waals surface area contributed by atoms with E-state index in [1.807, 2.05) is 18.2 Å². The highest BCUT2D eigenvalue weighted by molar-refractivity contribution is 5.94. The van der Waals surface area contributed by atoms with Crippen LogP contribution in [0.15, 0.2) is 47.7 Å². The fourth-order valence-corrected chi connectivity index (χ4v) is 2.20. The number of hydrogen-bond acceptors (Lipinski definition) is 5. The molecule has 0 aliphatic rings. The van der Waals surface area contributed by atoms with Gasteiger partial charge < -0.3 is 25.4 Å². The Morgan fingerprint density at radius 3 is 2.69 bits per heavy atom. The zero-order chi connectivity index (χ0) is 18.8. The Morgan fingerprint density at radius 1 is 1.19 bits per heavy atom. The first-order valence-corrected chi connectivity index (χ1v) is 8.01. The lowest BCUT2D eigenvalue weighted by Gasteiger charge is -2.14.